The summed E-state index contributed by atoms with van der Waals surface area (Å²) in [7, 11) is 0. The lowest BCUT2D eigenvalue weighted by atomic mass is 10.3. The van der Waals surface area contributed by atoms with Gasteiger partial charge >= 0.3 is 6.03 Å². The fourth-order valence-electron chi connectivity index (χ4n) is 1.46. The summed E-state index contributed by atoms with van der Waals surface area (Å²) in [5.74, 6) is 0.403. The van der Waals surface area contributed by atoms with Crippen molar-refractivity contribution in [3.8, 4) is 0 Å². The number of aryl methyl sites for hydroxylation is 1. The van der Waals surface area contributed by atoms with Crippen LogP contribution < -0.4 is 10.6 Å². The van der Waals surface area contributed by atoms with Crippen molar-refractivity contribution in [3.63, 3.8) is 0 Å². The zero-order chi connectivity index (χ0) is 15.6. The number of rotatable bonds is 2. The Kier molecular flexibility index (Phi) is 5.11. The molecular formula is C12H8Cl4N4O. The van der Waals surface area contributed by atoms with Crippen LogP contribution in [-0.2, 0) is 0 Å². The van der Waals surface area contributed by atoms with Crippen molar-refractivity contribution < 1.29 is 4.79 Å². The molecule has 1 aromatic heterocycles. The number of hydrogen-bond donors (Lipinski definition) is 2. The maximum atomic E-state index is 11.9. The Morgan fingerprint density at radius 1 is 1.00 bits per heavy atom. The number of nitrogens with zero attached hydrogens (tertiary/aromatic N) is 2. The Morgan fingerprint density at radius 2 is 1.62 bits per heavy atom. The summed E-state index contributed by atoms with van der Waals surface area (Å²) < 4.78 is 0. The molecule has 0 atom stereocenters. The molecule has 0 saturated carbocycles. The van der Waals surface area contributed by atoms with Crippen LogP contribution in [-0.4, -0.2) is 16.0 Å². The molecule has 1 aromatic carbocycles. The fraction of sp³-hybridized carbons (Fsp3) is 0.0833. The monoisotopic (exact) mass is 364 g/mol. The summed E-state index contributed by atoms with van der Waals surface area (Å²) in [6, 6.07) is 4.11. The summed E-state index contributed by atoms with van der Waals surface area (Å²) in [4.78, 5) is 19.7. The number of carbonyl (C=O) groups excluding carboxylic acids is 1. The molecule has 5 nitrogen and oxygen atoms in total. The van der Waals surface area contributed by atoms with Crippen molar-refractivity contribution in [1.82, 2.24) is 9.97 Å². The van der Waals surface area contributed by atoms with E-state index in [0.717, 1.165) is 0 Å². The van der Waals surface area contributed by atoms with Crippen molar-refractivity contribution >= 4 is 63.8 Å². The second kappa shape index (κ2) is 6.66. The first-order chi connectivity index (χ1) is 9.86. The van der Waals surface area contributed by atoms with E-state index in [1.54, 1.807) is 19.1 Å². The lowest BCUT2D eigenvalue weighted by molar-refractivity contribution is 0.262. The molecule has 0 fully saturated rings. The van der Waals surface area contributed by atoms with Gasteiger partial charge in [-0.25, -0.2) is 14.8 Å². The van der Waals surface area contributed by atoms with E-state index in [2.05, 4.69) is 20.6 Å². The zero-order valence-electron chi connectivity index (χ0n) is 10.5. The molecule has 21 heavy (non-hydrogen) atoms. The van der Waals surface area contributed by atoms with E-state index in [9.17, 15) is 4.79 Å². The van der Waals surface area contributed by atoms with E-state index in [-0.39, 0.29) is 16.0 Å². The van der Waals surface area contributed by atoms with E-state index >= 15 is 0 Å². The van der Waals surface area contributed by atoms with Crippen LogP contribution in [0.5, 0.6) is 0 Å². The average molecular weight is 366 g/mol. The Morgan fingerprint density at radius 3 is 2.19 bits per heavy atom. The van der Waals surface area contributed by atoms with E-state index < -0.39 is 6.03 Å². The van der Waals surface area contributed by atoms with Crippen molar-refractivity contribution in [2.24, 2.45) is 0 Å². The minimum atomic E-state index is -0.565. The fourth-order valence-corrected chi connectivity index (χ4v) is 2.32. The van der Waals surface area contributed by atoms with Crippen LogP contribution >= 0.6 is 46.4 Å². The van der Waals surface area contributed by atoms with Gasteiger partial charge in [0.05, 0.1) is 10.0 Å². The van der Waals surface area contributed by atoms with E-state index in [1.807, 2.05) is 0 Å². The van der Waals surface area contributed by atoms with Crippen LogP contribution in [0.1, 0.15) is 5.82 Å². The largest absolute Gasteiger partial charge is 0.323 e. The topological polar surface area (TPSA) is 66.9 Å². The normalized spacial score (nSPS) is 10.3. The van der Waals surface area contributed by atoms with Crippen molar-refractivity contribution in [2.45, 2.75) is 6.92 Å². The zero-order valence-corrected chi connectivity index (χ0v) is 13.6. The highest BCUT2D eigenvalue weighted by molar-refractivity contribution is 6.42. The maximum absolute atomic E-state index is 11.9. The Bertz CT molecular complexity index is 685. The quantitative estimate of drug-likeness (QED) is 0.732. The highest BCUT2D eigenvalue weighted by atomic mass is 35.5. The average Bonchev–Trinajstić information content (AvgIpc) is 2.38. The third-order valence-corrected chi connectivity index (χ3v) is 3.63. The number of halogens is 4. The highest BCUT2D eigenvalue weighted by Gasteiger charge is 2.13. The smallest absolute Gasteiger partial charge is 0.308 e. The third kappa shape index (κ3) is 4.11. The van der Waals surface area contributed by atoms with Gasteiger partial charge in [-0.1, -0.05) is 46.4 Å². The predicted molar refractivity (Wildman–Crippen MR) is 85.9 cm³/mol. The molecule has 2 rings (SSSR count). The van der Waals surface area contributed by atoms with Gasteiger partial charge in [-0.15, -0.1) is 0 Å². The molecule has 2 amide bonds. The molecule has 0 aliphatic heterocycles. The summed E-state index contributed by atoms with van der Waals surface area (Å²) in [5, 5.41) is 5.85. The Hall–Kier alpha value is -1.27. The molecule has 0 aliphatic rings. The molecule has 0 bridgehead atoms. The third-order valence-electron chi connectivity index (χ3n) is 2.35. The van der Waals surface area contributed by atoms with Crippen LogP contribution in [0.4, 0.5) is 16.2 Å². The van der Waals surface area contributed by atoms with E-state index in [0.29, 0.717) is 21.6 Å². The van der Waals surface area contributed by atoms with Gasteiger partial charge < -0.3 is 10.6 Å². The number of anilines is 2. The lowest BCUT2D eigenvalue weighted by Crippen LogP contribution is -2.20. The molecule has 0 aliphatic carbocycles. The van der Waals surface area contributed by atoms with Gasteiger partial charge in [0.15, 0.2) is 10.3 Å². The van der Waals surface area contributed by atoms with Gasteiger partial charge in [-0.3, -0.25) is 0 Å². The predicted octanol–water partition coefficient (Wildman–Crippen LogP) is 5.04. The van der Waals surface area contributed by atoms with Gasteiger partial charge in [0, 0.05) is 5.69 Å². The summed E-state index contributed by atoms with van der Waals surface area (Å²) in [5.41, 5.74) is 0.587. The van der Waals surface area contributed by atoms with Crippen LogP contribution in [0, 0.1) is 6.92 Å². The summed E-state index contributed by atoms with van der Waals surface area (Å²) >= 11 is 23.5. The van der Waals surface area contributed by atoms with Crippen molar-refractivity contribution in [2.75, 3.05) is 10.6 Å². The number of carbonyl (C=O) groups is 1. The SMILES string of the molecule is Cc1nc(Cl)c(NC(=O)Nc2ccc(Cl)c(Cl)c2)c(Cl)n1. The molecule has 1 heterocycles. The molecule has 2 N–H and O–H groups in total. The molecule has 0 radical (unpaired) electrons. The number of nitrogens with one attached hydrogen (secondary N) is 2. The minimum absolute atomic E-state index is 0.0526. The van der Waals surface area contributed by atoms with Crippen LogP contribution in [0.3, 0.4) is 0 Å². The molecule has 9 heteroatoms. The minimum Gasteiger partial charge on any atom is -0.308 e. The summed E-state index contributed by atoms with van der Waals surface area (Å²) in [6.07, 6.45) is 0. The number of hydrogen-bond acceptors (Lipinski definition) is 3. The second-order valence-corrected chi connectivity index (χ2v) is 5.47. The number of benzene rings is 1. The van der Waals surface area contributed by atoms with E-state index in [4.69, 9.17) is 46.4 Å². The molecule has 0 saturated heterocycles. The first-order valence-electron chi connectivity index (χ1n) is 5.59. The molecule has 0 spiro atoms. The van der Waals surface area contributed by atoms with Gasteiger partial charge in [-0.2, -0.15) is 0 Å². The Balaban J connectivity index is 2.13. The first kappa shape index (κ1) is 16.1. The van der Waals surface area contributed by atoms with Crippen molar-refractivity contribution in [1.29, 1.82) is 0 Å². The van der Waals surface area contributed by atoms with Gasteiger partial charge in [0.2, 0.25) is 0 Å². The van der Waals surface area contributed by atoms with Gasteiger partial charge in [0.1, 0.15) is 11.5 Å². The molecular weight excluding hydrogens is 358 g/mol. The van der Waals surface area contributed by atoms with Crippen LogP contribution in [0.25, 0.3) is 0 Å². The number of urea groups is 1. The first-order valence-corrected chi connectivity index (χ1v) is 7.10. The molecule has 110 valence electrons. The molecule has 2 aromatic rings. The molecule has 0 unspecified atom stereocenters. The highest BCUT2D eigenvalue weighted by Crippen LogP contribution is 2.28. The number of aromatic nitrogens is 2. The summed E-state index contributed by atoms with van der Waals surface area (Å²) in [6.45, 7) is 1.64. The number of amides is 2. The van der Waals surface area contributed by atoms with Gasteiger partial charge in [0.25, 0.3) is 0 Å². The maximum Gasteiger partial charge on any atom is 0.323 e. The van der Waals surface area contributed by atoms with Gasteiger partial charge in [-0.05, 0) is 25.1 Å². The van der Waals surface area contributed by atoms with Crippen LogP contribution in [0.15, 0.2) is 18.2 Å². The van der Waals surface area contributed by atoms with Crippen molar-refractivity contribution in [3.05, 3.63) is 44.4 Å². The Labute approximate surface area is 140 Å². The van der Waals surface area contributed by atoms with Crippen LogP contribution in [0.2, 0.25) is 20.4 Å². The van der Waals surface area contributed by atoms with E-state index in [1.165, 1.54) is 6.07 Å². The second-order valence-electron chi connectivity index (χ2n) is 3.94. The standard InChI is InChI=1S/C12H8Cl4N4O/c1-5-17-10(15)9(11(16)18-5)20-12(21)19-6-2-3-7(13)8(14)4-6/h2-4H,1H3,(H2,19,20,21). The lowest BCUT2D eigenvalue weighted by Gasteiger charge is -2.10.